The summed E-state index contributed by atoms with van der Waals surface area (Å²) >= 11 is 0. The molecule has 4 rings (SSSR count). The lowest BCUT2D eigenvalue weighted by molar-refractivity contribution is -0.111. The van der Waals surface area contributed by atoms with Gasteiger partial charge in [0.05, 0.1) is 12.4 Å². The Balaban J connectivity index is 1.50. The highest BCUT2D eigenvalue weighted by Crippen LogP contribution is 2.27. The van der Waals surface area contributed by atoms with Gasteiger partial charge in [-0.1, -0.05) is 72.8 Å². The average Bonchev–Trinajstić information content (AvgIpc) is 3.30. The maximum atomic E-state index is 12.2. The van der Waals surface area contributed by atoms with E-state index in [2.05, 4.69) is 27.0 Å². The fourth-order valence-corrected chi connectivity index (χ4v) is 3.26. The number of carbonyl (C=O) groups excluding carboxylic acids is 1. The van der Waals surface area contributed by atoms with Gasteiger partial charge in [0.15, 0.2) is 0 Å². The molecule has 1 amide bonds. The monoisotopic (exact) mass is 379 g/mol. The van der Waals surface area contributed by atoms with E-state index in [0.717, 1.165) is 16.8 Å². The molecule has 0 spiro atoms. The van der Waals surface area contributed by atoms with Gasteiger partial charge in [-0.3, -0.25) is 4.79 Å². The lowest BCUT2D eigenvalue weighted by atomic mass is 9.98. The van der Waals surface area contributed by atoms with E-state index >= 15 is 0 Å². The minimum Gasteiger partial charge on any atom is -0.326 e. The minimum atomic E-state index is -0.157. The Labute approximate surface area is 170 Å². The molecular weight excluding hydrogens is 358 g/mol. The van der Waals surface area contributed by atoms with E-state index in [1.54, 1.807) is 18.3 Å². The van der Waals surface area contributed by atoms with Gasteiger partial charge in [-0.05, 0) is 34.9 Å². The summed E-state index contributed by atoms with van der Waals surface area (Å²) in [6, 6.07) is 28.0. The van der Waals surface area contributed by atoms with Crippen LogP contribution in [-0.4, -0.2) is 15.5 Å². The second-order valence-electron chi connectivity index (χ2n) is 6.68. The zero-order chi connectivity index (χ0) is 19.9. The highest BCUT2D eigenvalue weighted by molar-refractivity contribution is 6.01. The van der Waals surface area contributed by atoms with Crippen LogP contribution >= 0.6 is 0 Å². The number of hydrogen-bond acceptors (Lipinski definition) is 2. The number of hydrogen-bond donors (Lipinski definition) is 1. The van der Waals surface area contributed by atoms with Crippen molar-refractivity contribution in [2.45, 2.75) is 6.04 Å². The molecule has 0 saturated carbocycles. The Morgan fingerprint density at radius 2 is 1.52 bits per heavy atom. The maximum absolute atomic E-state index is 12.2. The van der Waals surface area contributed by atoms with E-state index in [1.165, 1.54) is 5.56 Å². The molecular formula is C25H21N3O. The fourth-order valence-electron chi connectivity index (χ4n) is 3.26. The number of benzene rings is 3. The van der Waals surface area contributed by atoms with Crippen molar-refractivity contribution in [2.75, 3.05) is 5.32 Å². The zero-order valence-electron chi connectivity index (χ0n) is 15.8. The summed E-state index contributed by atoms with van der Waals surface area (Å²) in [6.45, 7) is 0. The molecule has 3 aromatic carbocycles. The summed E-state index contributed by atoms with van der Waals surface area (Å²) in [5.74, 6) is -0.157. The molecule has 142 valence electrons. The molecule has 0 radical (unpaired) electrons. The Bertz CT molecular complexity index is 1070. The SMILES string of the molecule is O=C(C=Cc1ccccc1)Nc1ccc(C(c2ccccc2)n2ccnc2)cc1. The predicted molar refractivity (Wildman–Crippen MR) is 116 cm³/mol. The van der Waals surface area contributed by atoms with Gasteiger partial charge in [0.25, 0.3) is 0 Å². The number of imidazole rings is 1. The number of rotatable bonds is 6. The number of carbonyl (C=O) groups is 1. The van der Waals surface area contributed by atoms with Crippen molar-refractivity contribution in [3.8, 4) is 0 Å². The summed E-state index contributed by atoms with van der Waals surface area (Å²) in [4.78, 5) is 16.4. The van der Waals surface area contributed by atoms with E-state index in [4.69, 9.17) is 0 Å². The van der Waals surface area contributed by atoms with Crippen LogP contribution in [0, 0.1) is 0 Å². The van der Waals surface area contributed by atoms with Crippen LogP contribution in [0.5, 0.6) is 0 Å². The second-order valence-corrected chi connectivity index (χ2v) is 6.68. The van der Waals surface area contributed by atoms with Gasteiger partial charge in [0, 0.05) is 24.2 Å². The van der Waals surface area contributed by atoms with Crippen LogP contribution in [0.2, 0.25) is 0 Å². The molecule has 1 aromatic heterocycles. The van der Waals surface area contributed by atoms with Crippen LogP contribution in [0.3, 0.4) is 0 Å². The first-order chi connectivity index (χ1) is 14.3. The first-order valence-electron chi connectivity index (χ1n) is 9.46. The first-order valence-corrected chi connectivity index (χ1v) is 9.46. The van der Waals surface area contributed by atoms with Crippen molar-refractivity contribution in [3.63, 3.8) is 0 Å². The number of amides is 1. The van der Waals surface area contributed by atoms with Gasteiger partial charge < -0.3 is 9.88 Å². The molecule has 4 aromatic rings. The van der Waals surface area contributed by atoms with Crippen LogP contribution in [0.1, 0.15) is 22.7 Å². The van der Waals surface area contributed by atoms with Gasteiger partial charge in [-0.15, -0.1) is 0 Å². The average molecular weight is 379 g/mol. The van der Waals surface area contributed by atoms with Crippen LogP contribution in [0.15, 0.2) is 110 Å². The molecule has 0 aliphatic carbocycles. The first kappa shape index (κ1) is 18.4. The third kappa shape index (κ3) is 4.68. The number of aromatic nitrogens is 2. The summed E-state index contributed by atoms with van der Waals surface area (Å²) in [5.41, 5.74) is 4.04. The molecule has 29 heavy (non-hydrogen) atoms. The number of nitrogens with one attached hydrogen (secondary N) is 1. The predicted octanol–water partition coefficient (Wildman–Crippen LogP) is 5.17. The van der Waals surface area contributed by atoms with E-state index < -0.39 is 0 Å². The van der Waals surface area contributed by atoms with Crippen LogP contribution in [0.25, 0.3) is 6.08 Å². The van der Waals surface area contributed by atoms with Gasteiger partial charge in [-0.25, -0.2) is 4.98 Å². The van der Waals surface area contributed by atoms with E-state index in [-0.39, 0.29) is 11.9 Å². The third-order valence-corrected chi connectivity index (χ3v) is 4.66. The molecule has 1 heterocycles. The molecule has 0 fully saturated rings. The van der Waals surface area contributed by atoms with Gasteiger partial charge in [-0.2, -0.15) is 0 Å². The molecule has 1 atom stereocenters. The van der Waals surface area contributed by atoms with Crippen molar-refractivity contribution in [3.05, 3.63) is 126 Å². The fraction of sp³-hybridized carbons (Fsp3) is 0.0400. The smallest absolute Gasteiger partial charge is 0.248 e. The van der Waals surface area contributed by atoms with Gasteiger partial charge in [0.1, 0.15) is 0 Å². The third-order valence-electron chi connectivity index (χ3n) is 4.66. The molecule has 1 N–H and O–H groups in total. The standard InChI is InChI=1S/C25H21N3O/c29-24(16-11-20-7-3-1-4-8-20)27-23-14-12-22(13-15-23)25(28-18-17-26-19-28)21-9-5-2-6-10-21/h1-19,25H,(H,27,29). The van der Waals surface area contributed by atoms with Gasteiger partial charge >= 0.3 is 0 Å². The summed E-state index contributed by atoms with van der Waals surface area (Å²) in [6.07, 6.45) is 8.91. The Morgan fingerprint density at radius 1 is 0.862 bits per heavy atom. The van der Waals surface area contributed by atoms with Gasteiger partial charge in [0.2, 0.25) is 5.91 Å². The van der Waals surface area contributed by atoms with Crippen molar-refractivity contribution < 1.29 is 4.79 Å². The molecule has 0 aliphatic heterocycles. The summed E-state index contributed by atoms with van der Waals surface area (Å²) in [7, 11) is 0. The highest BCUT2D eigenvalue weighted by atomic mass is 16.1. The molecule has 1 unspecified atom stereocenters. The lowest BCUT2D eigenvalue weighted by Gasteiger charge is -2.20. The molecule has 4 nitrogen and oxygen atoms in total. The van der Waals surface area contributed by atoms with Crippen molar-refractivity contribution >= 4 is 17.7 Å². The zero-order valence-corrected chi connectivity index (χ0v) is 15.8. The Hall–Kier alpha value is -3.92. The van der Waals surface area contributed by atoms with Crippen molar-refractivity contribution in [2.24, 2.45) is 0 Å². The van der Waals surface area contributed by atoms with Crippen molar-refractivity contribution in [1.29, 1.82) is 0 Å². The maximum Gasteiger partial charge on any atom is 0.248 e. The van der Waals surface area contributed by atoms with Crippen LogP contribution in [0.4, 0.5) is 5.69 Å². The molecule has 0 bridgehead atoms. The Kier molecular flexibility index (Phi) is 5.63. The summed E-state index contributed by atoms with van der Waals surface area (Å²) < 4.78 is 2.07. The lowest BCUT2D eigenvalue weighted by Crippen LogP contribution is -2.11. The second kappa shape index (κ2) is 8.85. The normalized spacial score (nSPS) is 12.0. The summed E-state index contributed by atoms with van der Waals surface area (Å²) in [5, 5.41) is 2.91. The Morgan fingerprint density at radius 3 is 2.17 bits per heavy atom. The van der Waals surface area contributed by atoms with E-state index in [0.29, 0.717) is 0 Å². The highest BCUT2D eigenvalue weighted by Gasteiger charge is 2.15. The quantitative estimate of drug-likeness (QED) is 0.470. The topological polar surface area (TPSA) is 46.9 Å². The van der Waals surface area contributed by atoms with Crippen LogP contribution < -0.4 is 5.32 Å². The van der Waals surface area contributed by atoms with E-state index in [9.17, 15) is 4.79 Å². The largest absolute Gasteiger partial charge is 0.326 e. The minimum absolute atomic E-state index is 0.0291. The van der Waals surface area contributed by atoms with Crippen molar-refractivity contribution in [1.82, 2.24) is 9.55 Å². The molecule has 0 aliphatic rings. The number of nitrogens with zero attached hydrogens (tertiary/aromatic N) is 2. The molecule has 0 saturated heterocycles. The van der Waals surface area contributed by atoms with E-state index in [1.807, 2.05) is 85.3 Å². The number of anilines is 1. The molecule has 4 heteroatoms. The van der Waals surface area contributed by atoms with Crippen LogP contribution in [-0.2, 0) is 4.79 Å².